The molecule has 0 aromatic heterocycles. The molecule has 1 N–H and O–H groups in total. The molecule has 0 aliphatic carbocycles. The van der Waals surface area contributed by atoms with Crippen molar-refractivity contribution >= 4 is 22.6 Å². The number of fused-ring (bicyclic) bond motifs is 1. The quantitative estimate of drug-likeness (QED) is 0.757. The normalized spacial score (nSPS) is 16.8. The zero-order valence-corrected chi connectivity index (χ0v) is 17.7. The lowest BCUT2D eigenvalue weighted by Crippen LogP contribution is -2.45. The number of nitrogens with zero attached hydrogens (tertiary/aromatic N) is 1. The van der Waals surface area contributed by atoms with E-state index in [-0.39, 0.29) is 18.5 Å². The van der Waals surface area contributed by atoms with E-state index in [2.05, 4.69) is 11.4 Å². The predicted molar refractivity (Wildman–Crippen MR) is 113 cm³/mol. The van der Waals surface area contributed by atoms with E-state index >= 15 is 0 Å². The third kappa shape index (κ3) is 5.07. The van der Waals surface area contributed by atoms with Crippen LogP contribution in [-0.4, -0.2) is 48.6 Å². The van der Waals surface area contributed by atoms with Gasteiger partial charge < -0.3 is 19.7 Å². The molecule has 6 heteroatoms. The molecule has 1 fully saturated rings. The summed E-state index contributed by atoms with van der Waals surface area (Å²) in [5.74, 6) is 0.133. The Hall–Kier alpha value is -2.60. The smallest absolute Gasteiger partial charge is 0.329 e. The number of hydrogen-bond donors (Lipinski definition) is 1. The topological polar surface area (TPSA) is 67.9 Å². The second-order valence-electron chi connectivity index (χ2n) is 8.37. The summed E-state index contributed by atoms with van der Waals surface area (Å²) in [4.78, 5) is 26.8. The van der Waals surface area contributed by atoms with Gasteiger partial charge in [0.15, 0.2) is 6.61 Å². The number of benzene rings is 2. The molecule has 0 radical (unpaired) electrons. The van der Waals surface area contributed by atoms with Gasteiger partial charge in [-0.25, -0.2) is 4.79 Å². The molecule has 1 unspecified atom stereocenters. The van der Waals surface area contributed by atoms with Gasteiger partial charge >= 0.3 is 5.97 Å². The Bertz CT molecular complexity index is 888. The van der Waals surface area contributed by atoms with Crippen molar-refractivity contribution in [3.63, 3.8) is 0 Å². The van der Waals surface area contributed by atoms with Crippen molar-refractivity contribution in [2.45, 2.75) is 51.8 Å². The molecule has 156 valence electrons. The summed E-state index contributed by atoms with van der Waals surface area (Å²) < 4.78 is 11.4. The van der Waals surface area contributed by atoms with Crippen molar-refractivity contribution in [1.29, 1.82) is 0 Å². The third-order valence-corrected chi connectivity index (χ3v) is 4.94. The van der Waals surface area contributed by atoms with Gasteiger partial charge in [-0.1, -0.05) is 30.3 Å². The molecule has 1 amide bonds. The summed E-state index contributed by atoms with van der Waals surface area (Å²) in [6.07, 6.45) is 1.42. The van der Waals surface area contributed by atoms with Crippen molar-refractivity contribution in [3.8, 4) is 5.75 Å². The maximum Gasteiger partial charge on any atom is 0.329 e. The fraction of sp³-hybridized carbons (Fsp3) is 0.478. The summed E-state index contributed by atoms with van der Waals surface area (Å²) in [5, 5.41) is 5.24. The van der Waals surface area contributed by atoms with Crippen molar-refractivity contribution in [3.05, 3.63) is 42.0 Å². The van der Waals surface area contributed by atoms with Gasteiger partial charge in [0.2, 0.25) is 0 Å². The highest BCUT2D eigenvalue weighted by Gasteiger charge is 2.37. The zero-order chi connectivity index (χ0) is 21.0. The van der Waals surface area contributed by atoms with Crippen LogP contribution in [0.1, 0.15) is 39.2 Å². The van der Waals surface area contributed by atoms with E-state index in [0.29, 0.717) is 18.7 Å². The molecule has 3 rings (SSSR count). The molecule has 1 aliphatic rings. The Balaban J connectivity index is 1.70. The molecule has 1 saturated heterocycles. The van der Waals surface area contributed by atoms with E-state index in [1.165, 1.54) is 5.56 Å². The minimum absolute atomic E-state index is 0.103. The van der Waals surface area contributed by atoms with Gasteiger partial charge in [0.25, 0.3) is 5.91 Å². The summed E-state index contributed by atoms with van der Waals surface area (Å²) >= 11 is 0. The first kappa shape index (κ1) is 21.1. The van der Waals surface area contributed by atoms with E-state index < -0.39 is 11.6 Å². The number of rotatable bonds is 6. The van der Waals surface area contributed by atoms with Crippen molar-refractivity contribution in [2.24, 2.45) is 0 Å². The average Bonchev–Trinajstić information content (AvgIpc) is 3.16. The molecule has 1 aliphatic heterocycles. The second kappa shape index (κ2) is 8.82. The fourth-order valence-electron chi connectivity index (χ4n) is 3.71. The van der Waals surface area contributed by atoms with Gasteiger partial charge in [-0.2, -0.15) is 0 Å². The molecule has 0 spiro atoms. The van der Waals surface area contributed by atoms with E-state index in [1.54, 1.807) is 4.90 Å². The first-order valence-electron chi connectivity index (χ1n) is 10.1. The Morgan fingerprint density at radius 1 is 1.14 bits per heavy atom. The molecular formula is C23H30N2O4. The van der Waals surface area contributed by atoms with Crippen molar-refractivity contribution in [2.75, 3.05) is 20.2 Å². The Morgan fingerprint density at radius 3 is 2.55 bits per heavy atom. The highest BCUT2D eigenvalue weighted by atomic mass is 16.6. The Kier molecular flexibility index (Phi) is 6.42. The minimum atomic E-state index is -0.571. The lowest BCUT2D eigenvalue weighted by atomic mass is 10.0. The molecule has 2 aromatic carbocycles. The van der Waals surface area contributed by atoms with Gasteiger partial charge in [-0.05, 0) is 57.7 Å². The van der Waals surface area contributed by atoms with E-state index in [0.717, 1.165) is 23.7 Å². The van der Waals surface area contributed by atoms with Crippen LogP contribution >= 0.6 is 0 Å². The number of likely N-dealkylation sites (tertiary alicyclic amines) is 1. The van der Waals surface area contributed by atoms with E-state index in [1.807, 2.05) is 58.2 Å². The third-order valence-electron chi connectivity index (χ3n) is 4.94. The first-order valence-corrected chi connectivity index (χ1v) is 10.1. The van der Waals surface area contributed by atoms with Crippen molar-refractivity contribution in [1.82, 2.24) is 10.2 Å². The van der Waals surface area contributed by atoms with Crippen LogP contribution in [0.5, 0.6) is 5.75 Å². The first-order chi connectivity index (χ1) is 13.8. The summed E-state index contributed by atoms with van der Waals surface area (Å²) in [7, 11) is 1.91. The number of ether oxygens (including phenoxy) is 2. The van der Waals surface area contributed by atoms with Crippen LogP contribution in [0.4, 0.5) is 0 Å². The van der Waals surface area contributed by atoms with Crippen LogP contribution in [-0.2, 0) is 20.9 Å². The van der Waals surface area contributed by atoms with Gasteiger partial charge in [-0.15, -0.1) is 0 Å². The maximum atomic E-state index is 12.8. The van der Waals surface area contributed by atoms with Crippen LogP contribution in [0.15, 0.2) is 36.4 Å². The molecule has 0 bridgehead atoms. The lowest BCUT2D eigenvalue weighted by molar-refractivity contribution is -0.163. The van der Waals surface area contributed by atoms with Crippen LogP contribution in [0.25, 0.3) is 10.8 Å². The summed E-state index contributed by atoms with van der Waals surface area (Å²) in [5.41, 5.74) is 0.602. The zero-order valence-electron chi connectivity index (χ0n) is 17.7. The lowest BCUT2D eigenvalue weighted by Gasteiger charge is -2.27. The summed E-state index contributed by atoms with van der Waals surface area (Å²) in [6.45, 7) is 6.70. The number of hydrogen-bond acceptors (Lipinski definition) is 5. The molecule has 0 saturated carbocycles. The van der Waals surface area contributed by atoms with Crippen LogP contribution in [0, 0.1) is 0 Å². The monoisotopic (exact) mass is 398 g/mol. The summed E-state index contributed by atoms with van der Waals surface area (Å²) in [6, 6.07) is 11.4. The Labute approximate surface area is 172 Å². The number of nitrogens with one attached hydrogen (secondary N) is 1. The van der Waals surface area contributed by atoms with Crippen LogP contribution in [0.2, 0.25) is 0 Å². The highest BCUT2D eigenvalue weighted by molar-refractivity contribution is 5.91. The van der Waals surface area contributed by atoms with Crippen LogP contribution < -0.4 is 10.1 Å². The predicted octanol–water partition coefficient (Wildman–Crippen LogP) is 3.27. The minimum Gasteiger partial charge on any atom is -0.483 e. The number of esters is 1. The fourth-order valence-corrected chi connectivity index (χ4v) is 3.71. The molecule has 6 nitrogen and oxygen atoms in total. The van der Waals surface area contributed by atoms with Gasteiger partial charge in [0, 0.05) is 18.5 Å². The standard InChI is InChI=1S/C23H30N2O4/c1-23(2,3)29-22(27)19-10-7-13-25(19)21(26)15-28-20-12-11-16(14-24-4)17-8-5-6-9-18(17)20/h5-6,8-9,11-12,19,24H,7,10,13-15H2,1-4H3. The van der Waals surface area contributed by atoms with Crippen molar-refractivity contribution < 1.29 is 19.1 Å². The van der Waals surface area contributed by atoms with E-state index in [9.17, 15) is 9.59 Å². The largest absolute Gasteiger partial charge is 0.483 e. The molecule has 2 aromatic rings. The van der Waals surface area contributed by atoms with Gasteiger partial charge in [0.1, 0.15) is 17.4 Å². The SMILES string of the molecule is CNCc1ccc(OCC(=O)N2CCCC2C(=O)OC(C)(C)C)c2ccccc12. The molecular weight excluding hydrogens is 368 g/mol. The Morgan fingerprint density at radius 2 is 1.86 bits per heavy atom. The van der Waals surface area contributed by atoms with Gasteiger partial charge in [0.05, 0.1) is 0 Å². The molecule has 1 heterocycles. The average molecular weight is 399 g/mol. The number of carbonyl (C=O) groups is 2. The molecule has 1 atom stereocenters. The highest BCUT2D eigenvalue weighted by Crippen LogP contribution is 2.29. The van der Waals surface area contributed by atoms with E-state index in [4.69, 9.17) is 9.47 Å². The second-order valence-corrected chi connectivity index (χ2v) is 8.37. The van der Waals surface area contributed by atoms with Crippen LogP contribution in [0.3, 0.4) is 0 Å². The van der Waals surface area contributed by atoms with Gasteiger partial charge in [-0.3, -0.25) is 4.79 Å². The molecule has 29 heavy (non-hydrogen) atoms. The number of carbonyl (C=O) groups excluding carboxylic acids is 2. The number of amides is 1. The maximum absolute atomic E-state index is 12.8.